The van der Waals surface area contributed by atoms with Crippen molar-refractivity contribution in [3.8, 4) is 22.5 Å². The molecule has 0 saturated carbocycles. The number of carbonyl (C=O) groups is 2. The SMILES string of the molecule is CCOC(=O)c1[nH]ncc1-c1c(-c2ccccc2)ncn1[C@H](C)C(N)=O. The van der Waals surface area contributed by atoms with Gasteiger partial charge in [0.15, 0.2) is 5.69 Å². The lowest BCUT2D eigenvalue weighted by Crippen LogP contribution is -2.24. The summed E-state index contributed by atoms with van der Waals surface area (Å²) in [5.41, 5.74) is 8.20. The van der Waals surface area contributed by atoms with Gasteiger partial charge in [-0.1, -0.05) is 30.3 Å². The molecule has 1 atom stereocenters. The maximum atomic E-state index is 12.3. The Morgan fingerprint density at radius 3 is 2.69 bits per heavy atom. The van der Waals surface area contributed by atoms with Gasteiger partial charge in [0.05, 0.1) is 36.1 Å². The largest absolute Gasteiger partial charge is 0.461 e. The zero-order valence-corrected chi connectivity index (χ0v) is 14.5. The van der Waals surface area contributed by atoms with Crippen LogP contribution in [0.15, 0.2) is 42.9 Å². The molecule has 0 aliphatic carbocycles. The van der Waals surface area contributed by atoms with Crippen molar-refractivity contribution in [2.75, 3.05) is 6.61 Å². The molecule has 1 aromatic carbocycles. The fourth-order valence-electron chi connectivity index (χ4n) is 2.69. The van der Waals surface area contributed by atoms with Crippen LogP contribution in [0, 0.1) is 0 Å². The molecule has 134 valence electrons. The molecular weight excluding hydrogens is 334 g/mol. The van der Waals surface area contributed by atoms with Crippen LogP contribution in [0.4, 0.5) is 0 Å². The van der Waals surface area contributed by atoms with Crippen LogP contribution in [0.25, 0.3) is 22.5 Å². The van der Waals surface area contributed by atoms with Gasteiger partial charge in [0, 0.05) is 5.56 Å². The minimum atomic E-state index is -0.653. The van der Waals surface area contributed by atoms with Gasteiger partial charge in [-0.05, 0) is 13.8 Å². The highest BCUT2D eigenvalue weighted by molar-refractivity contribution is 5.97. The van der Waals surface area contributed by atoms with E-state index in [1.165, 1.54) is 12.5 Å². The molecule has 0 aliphatic heterocycles. The molecule has 0 aliphatic rings. The first kappa shape index (κ1) is 17.4. The molecule has 8 heteroatoms. The van der Waals surface area contributed by atoms with Crippen molar-refractivity contribution in [1.82, 2.24) is 19.7 Å². The first-order valence-corrected chi connectivity index (χ1v) is 8.17. The van der Waals surface area contributed by atoms with Gasteiger partial charge in [0.2, 0.25) is 5.91 Å². The van der Waals surface area contributed by atoms with Crippen LogP contribution in [0.3, 0.4) is 0 Å². The predicted molar refractivity (Wildman–Crippen MR) is 95.1 cm³/mol. The van der Waals surface area contributed by atoms with Crippen LogP contribution in [-0.4, -0.2) is 38.2 Å². The van der Waals surface area contributed by atoms with Crippen molar-refractivity contribution in [3.05, 3.63) is 48.5 Å². The minimum absolute atomic E-state index is 0.197. The first-order valence-electron chi connectivity index (χ1n) is 8.17. The smallest absolute Gasteiger partial charge is 0.357 e. The lowest BCUT2D eigenvalue weighted by Gasteiger charge is -2.14. The first-order chi connectivity index (χ1) is 12.5. The van der Waals surface area contributed by atoms with Crippen molar-refractivity contribution in [2.45, 2.75) is 19.9 Å². The standard InChI is InChI=1S/C18H19N5O3/c1-3-26-18(25)15-13(9-21-22-15)16-14(12-7-5-4-6-8-12)20-10-23(16)11(2)17(19)24/h4-11H,3H2,1-2H3,(H2,19,24)(H,21,22)/t11-/m1/s1. The summed E-state index contributed by atoms with van der Waals surface area (Å²) in [5.74, 6) is -1.04. The van der Waals surface area contributed by atoms with E-state index in [0.717, 1.165) is 5.56 Å². The zero-order chi connectivity index (χ0) is 18.7. The molecule has 3 N–H and O–H groups in total. The zero-order valence-electron chi connectivity index (χ0n) is 14.5. The Labute approximate surface area is 150 Å². The van der Waals surface area contributed by atoms with Crippen LogP contribution in [0.5, 0.6) is 0 Å². The molecule has 0 fully saturated rings. The molecular formula is C18H19N5O3. The summed E-state index contributed by atoms with van der Waals surface area (Å²) in [4.78, 5) is 28.5. The Kier molecular flexibility index (Phi) is 4.83. The van der Waals surface area contributed by atoms with E-state index < -0.39 is 17.9 Å². The van der Waals surface area contributed by atoms with Gasteiger partial charge in [0.25, 0.3) is 0 Å². The number of carbonyl (C=O) groups excluding carboxylic acids is 2. The number of amides is 1. The van der Waals surface area contributed by atoms with Crippen molar-refractivity contribution >= 4 is 11.9 Å². The third-order valence-electron chi connectivity index (χ3n) is 4.04. The number of H-pyrrole nitrogens is 1. The highest BCUT2D eigenvalue weighted by Gasteiger charge is 2.26. The normalized spacial score (nSPS) is 11.9. The van der Waals surface area contributed by atoms with E-state index in [2.05, 4.69) is 15.2 Å². The number of primary amides is 1. The Morgan fingerprint density at radius 1 is 1.31 bits per heavy atom. The fourth-order valence-corrected chi connectivity index (χ4v) is 2.69. The third kappa shape index (κ3) is 3.08. The van der Waals surface area contributed by atoms with E-state index in [0.29, 0.717) is 17.0 Å². The van der Waals surface area contributed by atoms with Gasteiger partial charge in [-0.25, -0.2) is 9.78 Å². The summed E-state index contributed by atoms with van der Waals surface area (Å²) in [6.07, 6.45) is 3.05. The summed E-state index contributed by atoms with van der Waals surface area (Å²) in [6.45, 7) is 3.63. The fraction of sp³-hybridized carbons (Fsp3) is 0.222. The van der Waals surface area contributed by atoms with Gasteiger partial charge in [0.1, 0.15) is 6.04 Å². The Bertz CT molecular complexity index is 929. The number of nitrogens with zero attached hydrogens (tertiary/aromatic N) is 3. The minimum Gasteiger partial charge on any atom is -0.461 e. The van der Waals surface area contributed by atoms with Crippen LogP contribution in [0.2, 0.25) is 0 Å². The number of imidazole rings is 1. The van der Waals surface area contributed by atoms with Crippen molar-refractivity contribution in [2.24, 2.45) is 5.73 Å². The van der Waals surface area contributed by atoms with E-state index >= 15 is 0 Å². The van der Waals surface area contributed by atoms with Crippen LogP contribution < -0.4 is 5.73 Å². The van der Waals surface area contributed by atoms with E-state index in [1.807, 2.05) is 30.3 Å². The number of nitrogens with two attached hydrogens (primary N) is 1. The molecule has 8 nitrogen and oxygen atoms in total. The Hall–Kier alpha value is -3.42. The lowest BCUT2D eigenvalue weighted by molar-refractivity contribution is -0.120. The van der Waals surface area contributed by atoms with E-state index in [4.69, 9.17) is 10.5 Å². The van der Waals surface area contributed by atoms with Gasteiger partial charge in [-0.3, -0.25) is 9.89 Å². The number of ether oxygens (including phenoxy) is 1. The van der Waals surface area contributed by atoms with Gasteiger partial charge >= 0.3 is 5.97 Å². The molecule has 1 amide bonds. The topological polar surface area (TPSA) is 116 Å². The summed E-state index contributed by atoms with van der Waals surface area (Å²) in [7, 11) is 0. The number of benzene rings is 1. The van der Waals surface area contributed by atoms with Crippen LogP contribution in [-0.2, 0) is 9.53 Å². The number of hydrogen-bond donors (Lipinski definition) is 2. The summed E-state index contributed by atoms with van der Waals surface area (Å²) >= 11 is 0. The number of hydrogen-bond acceptors (Lipinski definition) is 5. The average molecular weight is 353 g/mol. The highest BCUT2D eigenvalue weighted by Crippen LogP contribution is 2.34. The monoisotopic (exact) mass is 353 g/mol. The second-order valence-corrected chi connectivity index (χ2v) is 5.67. The Morgan fingerprint density at radius 2 is 2.04 bits per heavy atom. The van der Waals surface area contributed by atoms with E-state index in [9.17, 15) is 9.59 Å². The van der Waals surface area contributed by atoms with Gasteiger partial charge in [-0.15, -0.1) is 0 Å². The summed E-state index contributed by atoms with van der Waals surface area (Å²) < 4.78 is 6.72. The van der Waals surface area contributed by atoms with Crippen LogP contribution >= 0.6 is 0 Å². The van der Waals surface area contributed by atoms with Crippen LogP contribution in [0.1, 0.15) is 30.4 Å². The lowest BCUT2D eigenvalue weighted by atomic mass is 10.0. The predicted octanol–water partition coefficient (Wildman–Crippen LogP) is 2.16. The Balaban J connectivity index is 2.22. The maximum absolute atomic E-state index is 12.3. The molecule has 0 radical (unpaired) electrons. The summed E-state index contributed by atoms with van der Waals surface area (Å²) in [5, 5.41) is 6.65. The number of aromatic nitrogens is 4. The second kappa shape index (κ2) is 7.22. The van der Waals surface area contributed by atoms with Crippen molar-refractivity contribution < 1.29 is 14.3 Å². The quantitative estimate of drug-likeness (QED) is 0.659. The van der Waals surface area contributed by atoms with Crippen molar-refractivity contribution in [3.63, 3.8) is 0 Å². The van der Waals surface area contributed by atoms with Gasteiger partial charge in [-0.2, -0.15) is 5.10 Å². The number of nitrogens with one attached hydrogen (secondary N) is 1. The van der Waals surface area contributed by atoms with Gasteiger partial charge < -0.3 is 15.0 Å². The molecule has 3 aromatic rings. The second-order valence-electron chi connectivity index (χ2n) is 5.67. The maximum Gasteiger partial charge on any atom is 0.357 e. The highest BCUT2D eigenvalue weighted by atomic mass is 16.5. The summed E-state index contributed by atoms with van der Waals surface area (Å²) in [6, 6.07) is 8.81. The molecule has 0 saturated heterocycles. The molecule has 2 aromatic heterocycles. The average Bonchev–Trinajstić information content (AvgIpc) is 3.28. The number of rotatable bonds is 6. The molecule has 0 bridgehead atoms. The van der Waals surface area contributed by atoms with E-state index in [1.54, 1.807) is 18.4 Å². The van der Waals surface area contributed by atoms with Crippen molar-refractivity contribution in [1.29, 1.82) is 0 Å². The number of aromatic amines is 1. The molecule has 3 rings (SSSR count). The molecule has 2 heterocycles. The molecule has 26 heavy (non-hydrogen) atoms. The molecule has 0 unspecified atom stereocenters. The number of esters is 1. The third-order valence-corrected chi connectivity index (χ3v) is 4.04. The molecule has 0 spiro atoms. The van der Waals surface area contributed by atoms with E-state index in [-0.39, 0.29) is 12.3 Å².